The fourth-order valence-electron chi connectivity index (χ4n) is 2.02. The van der Waals surface area contributed by atoms with Crippen LogP contribution >= 0.6 is 0 Å². The van der Waals surface area contributed by atoms with E-state index in [0.29, 0.717) is 6.54 Å². The third-order valence-corrected chi connectivity index (χ3v) is 3.14. The second-order valence-electron chi connectivity index (χ2n) is 4.68. The minimum atomic E-state index is -0.118. The molecule has 0 saturated heterocycles. The predicted octanol–water partition coefficient (Wildman–Crippen LogP) is 0.146. The number of hydrogen-bond acceptors (Lipinski definition) is 3. The van der Waals surface area contributed by atoms with Crippen LogP contribution in [0.3, 0.4) is 0 Å². The Morgan fingerprint density at radius 3 is 2.41 bits per heavy atom. The van der Waals surface area contributed by atoms with Crippen molar-refractivity contribution in [2.45, 2.75) is 45.1 Å². The Balaban J connectivity index is 2.18. The average molecular weight is 241 g/mol. The topological polar surface area (TPSA) is 84.2 Å². The van der Waals surface area contributed by atoms with Gasteiger partial charge in [0.15, 0.2) is 0 Å². The van der Waals surface area contributed by atoms with Gasteiger partial charge in [0, 0.05) is 18.5 Å². The summed E-state index contributed by atoms with van der Waals surface area (Å²) in [6, 6.07) is 0.243. The summed E-state index contributed by atoms with van der Waals surface area (Å²) in [7, 11) is 0. The van der Waals surface area contributed by atoms with Crippen LogP contribution in [0, 0.1) is 5.92 Å². The summed E-state index contributed by atoms with van der Waals surface area (Å²) in [4.78, 5) is 23.0. The standard InChI is InChI=1S/C12H23N3O2/c1-2-7-14-11(16)8-15-12(17)9-3-5-10(13)6-4-9/h9-10H,2-8,13H2,1H3,(H,14,16)(H,15,17). The summed E-state index contributed by atoms with van der Waals surface area (Å²) < 4.78 is 0. The zero-order chi connectivity index (χ0) is 12.7. The van der Waals surface area contributed by atoms with Crippen LogP contribution in [0.25, 0.3) is 0 Å². The quantitative estimate of drug-likeness (QED) is 0.640. The zero-order valence-corrected chi connectivity index (χ0v) is 10.5. The molecule has 5 nitrogen and oxygen atoms in total. The number of nitrogens with two attached hydrogens (primary N) is 1. The van der Waals surface area contributed by atoms with Gasteiger partial charge < -0.3 is 16.4 Å². The molecule has 0 aliphatic heterocycles. The van der Waals surface area contributed by atoms with E-state index in [0.717, 1.165) is 32.1 Å². The molecule has 0 unspecified atom stereocenters. The fourth-order valence-corrected chi connectivity index (χ4v) is 2.02. The number of carbonyl (C=O) groups is 2. The Kier molecular flexibility index (Phi) is 5.97. The third-order valence-electron chi connectivity index (χ3n) is 3.14. The van der Waals surface area contributed by atoms with Gasteiger partial charge in [-0.05, 0) is 32.1 Å². The summed E-state index contributed by atoms with van der Waals surface area (Å²) in [5.41, 5.74) is 5.78. The van der Waals surface area contributed by atoms with E-state index < -0.39 is 0 Å². The van der Waals surface area contributed by atoms with Gasteiger partial charge in [0.05, 0.1) is 6.54 Å². The lowest BCUT2D eigenvalue weighted by molar-refractivity contribution is -0.129. The van der Waals surface area contributed by atoms with Gasteiger partial charge in [-0.3, -0.25) is 9.59 Å². The molecule has 0 atom stereocenters. The molecular weight excluding hydrogens is 218 g/mol. The number of amides is 2. The van der Waals surface area contributed by atoms with Gasteiger partial charge in [-0.25, -0.2) is 0 Å². The van der Waals surface area contributed by atoms with Crippen LogP contribution in [0.15, 0.2) is 0 Å². The number of nitrogens with one attached hydrogen (secondary N) is 2. The predicted molar refractivity (Wildman–Crippen MR) is 66.2 cm³/mol. The second-order valence-corrected chi connectivity index (χ2v) is 4.68. The van der Waals surface area contributed by atoms with Gasteiger partial charge in [0.2, 0.25) is 11.8 Å². The van der Waals surface area contributed by atoms with Crippen molar-refractivity contribution in [3.63, 3.8) is 0 Å². The molecule has 17 heavy (non-hydrogen) atoms. The molecule has 2 amide bonds. The van der Waals surface area contributed by atoms with Crippen molar-refractivity contribution in [3.8, 4) is 0 Å². The van der Waals surface area contributed by atoms with Gasteiger partial charge in [-0.1, -0.05) is 6.92 Å². The molecule has 0 heterocycles. The van der Waals surface area contributed by atoms with Gasteiger partial charge in [0.25, 0.3) is 0 Å². The minimum Gasteiger partial charge on any atom is -0.355 e. The van der Waals surface area contributed by atoms with E-state index in [2.05, 4.69) is 10.6 Å². The highest BCUT2D eigenvalue weighted by Crippen LogP contribution is 2.22. The molecule has 0 aromatic heterocycles. The van der Waals surface area contributed by atoms with Crippen molar-refractivity contribution in [1.29, 1.82) is 0 Å². The first-order chi connectivity index (χ1) is 8.13. The molecule has 1 rings (SSSR count). The van der Waals surface area contributed by atoms with Crippen molar-refractivity contribution in [3.05, 3.63) is 0 Å². The summed E-state index contributed by atoms with van der Waals surface area (Å²) in [5, 5.41) is 5.41. The Labute approximate surface area is 103 Å². The molecule has 1 aliphatic carbocycles. The van der Waals surface area contributed by atoms with Crippen LogP contribution < -0.4 is 16.4 Å². The van der Waals surface area contributed by atoms with E-state index in [9.17, 15) is 9.59 Å². The van der Waals surface area contributed by atoms with Crippen LogP contribution in [0.5, 0.6) is 0 Å². The first kappa shape index (κ1) is 14.0. The number of carbonyl (C=O) groups excluding carboxylic acids is 2. The largest absolute Gasteiger partial charge is 0.355 e. The summed E-state index contributed by atoms with van der Waals surface area (Å²) in [6.45, 7) is 2.73. The lowest BCUT2D eigenvalue weighted by Crippen LogP contribution is -2.41. The summed E-state index contributed by atoms with van der Waals surface area (Å²) in [5.74, 6) is -0.0926. The molecule has 0 aromatic carbocycles. The molecule has 1 fully saturated rings. The maximum atomic E-state index is 11.8. The first-order valence-corrected chi connectivity index (χ1v) is 6.43. The SMILES string of the molecule is CCCNC(=O)CNC(=O)C1CCC(N)CC1. The van der Waals surface area contributed by atoms with Crippen LogP contribution in [0.1, 0.15) is 39.0 Å². The maximum absolute atomic E-state index is 11.8. The zero-order valence-electron chi connectivity index (χ0n) is 10.5. The smallest absolute Gasteiger partial charge is 0.239 e. The lowest BCUT2D eigenvalue weighted by Gasteiger charge is -2.25. The van der Waals surface area contributed by atoms with Crippen LogP contribution in [0.4, 0.5) is 0 Å². The van der Waals surface area contributed by atoms with E-state index in [1.54, 1.807) is 0 Å². The third kappa shape index (κ3) is 5.17. The van der Waals surface area contributed by atoms with Gasteiger partial charge in [-0.2, -0.15) is 0 Å². The Hall–Kier alpha value is -1.10. The van der Waals surface area contributed by atoms with Crippen LogP contribution in [0.2, 0.25) is 0 Å². The molecule has 0 aromatic rings. The van der Waals surface area contributed by atoms with Crippen molar-refractivity contribution >= 4 is 11.8 Å². The Morgan fingerprint density at radius 1 is 1.18 bits per heavy atom. The minimum absolute atomic E-state index is 0.0106. The Bertz CT molecular complexity index is 260. The van der Waals surface area contributed by atoms with E-state index >= 15 is 0 Å². The van der Waals surface area contributed by atoms with Crippen molar-refractivity contribution in [1.82, 2.24) is 10.6 Å². The van der Waals surface area contributed by atoms with Gasteiger partial charge >= 0.3 is 0 Å². The highest BCUT2D eigenvalue weighted by atomic mass is 16.2. The number of hydrogen-bond donors (Lipinski definition) is 3. The molecule has 0 spiro atoms. The summed E-state index contributed by atoms with van der Waals surface area (Å²) >= 11 is 0. The van der Waals surface area contributed by atoms with Gasteiger partial charge in [-0.15, -0.1) is 0 Å². The van der Waals surface area contributed by atoms with E-state index in [1.165, 1.54) is 0 Å². The summed E-state index contributed by atoms with van der Waals surface area (Å²) in [6.07, 6.45) is 4.38. The molecule has 1 aliphatic rings. The van der Waals surface area contributed by atoms with Crippen molar-refractivity contribution in [2.75, 3.05) is 13.1 Å². The molecule has 0 radical (unpaired) electrons. The van der Waals surface area contributed by atoms with E-state index in [-0.39, 0.29) is 30.3 Å². The lowest BCUT2D eigenvalue weighted by atomic mass is 9.86. The number of rotatable bonds is 5. The van der Waals surface area contributed by atoms with Crippen LogP contribution in [-0.2, 0) is 9.59 Å². The van der Waals surface area contributed by atoms with Crippen LogP contribution in [-0.4, -0.2) is 30.9 Å². The molecule has 4 N–H and O–H groups in total. The molecular formula is C12H23N3O2. The van der Waals surface area contributed by atoms with E-state index in [1.807, 2.05) is 6.92 Å². The highest BCUT2D eigenvalue weighted by molar-refractivity contribution is 5.85. The highest BCUT2D eigenvalue weighted by Gasteiger charge is 2.24. The molecule has 1 saturated carbocycles. The van der Waals surface area contributed by atoms with Crippen molar-refractivity contribution < 1.29 is 9.59 Å². The monoisotopic (exact) mass is 241 g/mol. The molecule has 5 heteroatoms. The van der Waals surface area contributed by atoms with Gasteiger partial charge in [0.1, 0.15) is 0 Å². The first-order valence-electron chi connectivity index (χ1n) is 6.43. The van der Waals surface area contributed by atoms with Crippen molar-refractivity contribution in [2.24, 2.45) is 11.7 Å². The van der Waals surface area contributed by atoms with E-state index in [4.69, 9.17) is 5.73 Å². The maximum Gasteiger partial charge on any atom is 0.239 e. The second kappa shape index (κ2) is 7.27. The normalized spacial score (nSPS) is 24.1. The fraction of sp³-hybridized carbons (Fsp3) is 0.833. The molecule has 0 bridgehead atoms. The molecule has 98 valence electrons. The average Bonchev–Trinajstić information content (AvgIpc) is 2.34. The Morgan fingerprint density at radius 2 is 1.82 bits per heavy atom.